The summed E-state index contributed by atoms with van der Waals surface area (Å²) in [5, 5.41) is 8.64. The summed E-state index contributed by atoms with van der Waals surface area (Å²) >= 11 is 0. The maximum atomic E-state index is 12.5. The lowest BCUT2D eigenvalue weighted by Crippen LogP contribution is -2.37. The fourth-order valence-electron chi connectivity index (χ4n) is 3.52. The van der Waals surface area contributed by atoms with E-state index < -0.39 is 0 Å². The van der Waals surface area contributed by atoms with Crippen molar-refractivity contribution >= 4 is 16.7 Å². The average Bonchev–Trinajstić information content (AvgIpc) is 2.64. The van der Waals surface area contributed by atoms with Gasteiger partial charge in [-0.2, -0.15) is 5.10 Å². The largest absolute Gasteiger partial charge is 0.354 e. The molecule has 0 unspecified atom stereocenters. The highest BCUT2D eigenvalue weighted by molar-refractivity contribution is 5.83. The van der Waals surface area contributed by atoms with Gasteiger partial charge in [-0.15, -0.1) is 0 Å². The molecule has 6 heteroatoms. The molecule has 0 atom stereocenters. The molecular weight excluding hydrogens is 328 g/mol. The molecule has 1 amide bonds. The van der Waals surface area contributed by atoms with E-state index in [0.29, 0.717) is 11.9 Å². The molecule has 3 rings (SSSR count). The number of piperidine rings is 1. The number of rotatable bonds is 6. The van der Waals surface area contributed by atoms with Crippen LogP contribution < -0.4 is 10.9 Å². The van der Waals surface area contributed by atoms with Gasteiger partial charge in [0.15, 0.2) is 0 Å². The van der Waals surface area contributed by atoms with Gasteiger partial charge in [0.05, 0.1) is 11.1 Å². The highest BCUT2D eigenvalue weighted by Crippen LogP contribution is 2.15. The number of carbonyl (C=O) groups excluding carboxylic acids is 1. The van der Waals surface area contributed by atoms with Crippen molar-refractivity contribution in [3.05, 3.63) is 40.3 Å². The van der Waals surface area contributed by atoms with Crippen molar-refractivity contribution in [3.8, 4) is 0 Å². The number of fused-ring (bicyclic) bond motifs is 1. The Morgan fingerprint density at radius 1 is 1.23 bits per heavy atom. The number of hydrogen-bond donors (Lipinski definition) is 1. The summed E-state index contributed by atoms with van der Waals surface area (Å²) in [6.07, 6.45) is 3.46. The van der Waals surface area contributed by atoms with Gasteiger partial charge in [-0.05, 0) is 57.8 Å². The van der Waals surface area contributed by atoms with Gasteiger partial charge in [0.25, 0.3) is 5.56 Å². The number of amides is 1. The van der Waals surface area contributed by atoms with Crippen molar-refractivity contribution in [2.45, 2.75) is 39.7 Å². The SMILES string of the molecule is Cc1nn(CC(=O)NCCCN2CCC(C)CC2)c(=O)c2ccccc12. The van der Waals surface area contributed by atoms with Crippen molar-refractivity contribution in [3.63, 3.8) is 0 Å². The van der Waals surface area contributed by atoms with E-state index in [1.165, 1.54) is 17.5 Å². The molecule has 1 saturated heterocycles. The second-order valence-corrected chi connectivity index (χ2v) is 7.32. The van der Waals surface area contributed by atoms with E-state index >= 15 is 0 Å². The zero-order chi connectivity index (χ0) is 18.5. The number of benzene rings is 1. The van der Waals surface area contributed by atoms with E-state index in [4.69, 9.17) is 0 Å². The molecule has 0 radical (unpaired) electrons. The number of hydrogen-bond acceptors (Lipinski definition) is 4. The molecule has 2 aromatic rings. The molecule has 1 aliphatic heterocycles. The first-order valence-corrected chi connectivity index (χ1v) is 9.50. The monoisotopic (exact) mass is 356 g/mol. The first-order chi connectivity index (χ1) is 12.5. The van der Waals surface area contributed by atoms with Crippen LogP contribution in [0.4, 0.5) is 0 Å². The smallest absolute Gasteiger partial charge is 0.275 e. The lowest BCUT2D eigenvalue weighted by atomic mass is 9.99. The molecule has 1 aromatic heterocycles. The predicted molar refractivity (Wildman–Crippen MR) is 103 cm³/mol. The Balaban J connectivity index is 1.50. The zero-order valence-electron chi connectivity index (χ0n) is 15.7. The summed E-state index contributed by atoms with van der Waals surface area (Å²) in [7, 11) is 0. The molecular formula is C20H28N4O2. The first kappa shape index (κ1) is 18.6. The van der Waals surface area contributed by atoms with E-state index in [1.807, 2.05) is 25.1 Å². The highest BCUT2D eigenvalue weighted by Gasteiger charge is 2.15. The van der Waals surface area contributed by atoms with Gasteiger partial charge in [0.2, 0.25) is 5.91 Å². The summed E-state index contributed by atoms with van der Waals surface area (Å²) in [6, 6.07) is 7.37. The average molecular weight is 356 g/mol. The van der Waals surface area contributed by atoms with E-state index in [0.717, 1.165) is 43.1 Å². The van der Waals surface area contributed by atoms with Gasteiger partial charge in [-0.25, -0.2) is 4.68 Å². The van der Waals surface area contributed by atoms with Gasteiger partial charge >= 0.3 is 0 Å². The van der Waals surface area contributed by atoms with Crippen LogP contribution in [0.1, 0.15) is 31.9 Å². The molecule has 140 valence electrons. The van der Waals surface area contributed by atoms with Crippen molar-refractivity contribution in [2.24, 2.45) is 5.92 Å². The standard InChI is InChI=1S/C20H28N4O2/c1-15-8-12-23(13-9-15)11-5-10-21-19(25)14-24-20(26)18-7-4-3-6-17(18)16(2)22-24/h3-4,6-7,15H,5,8-14H2,1-2H3,(H,21,25). The van der Waals surface area contributed by atoms with Gasteiger partial charge in [-0.3, -0.25) is 9.59 Å². The minimum absolute atomic E-state index is 0.0360. The maximum absolute atomic E-state index is 12.5. The third-order valence-corrected chi connectivity index (χ3v) is 5.20. The Morgan fingerprint density at radius 2 is 1.92 bits per heavy atom. The van der Waals surface area contributed by atoms with Crippen LogP contribution in [0, 0.1) is 12.8 Å². The Morgan fingerprint density at radius 3 is 2.65 bits per heavy atom. The van der Waals surface area contributed by atoms with Crippen LogP contribution in [0.2, 0.25) is 0 Å². The Bertz CT molecular complexity index is 822. The normalized spacial score (nSPS) is 16.1. The van der Waals surface area contributed by atoms with Gasteiger partial charge in [0.1, 0.15) is 6.54 Å². The van der Waals surface area contributed by atoms with Crippen LogP contribution in [-0.2, 0) is 11.3 Å². The van der Waals surface area contributed by atoms with E-state index in [2.05, 4.69) is 22.2 Å². The molecule has 1 fully saturated rings. The second-order valence-electron chi connectivity index (χ2n) is 7.32. The third kappa shape index (κ3) is 4.49. The van der Waals surface area contributed by atoms with E-state index in [1.54, 1.807) is 6.07 Å². The summed E-state index contributed by atoms with van der Waals surface area (Å²) in [5.41, 5.74) is 0.538. The van der Waals surface area contributed by atoms with Crippen molar-refractivity contribution < 1.29 is 4.79 Å². The summed E-state index contributed by atoms with van der Waals surface area (Å²) < 4.78 is 1.26. The Kier molecular flexibility index (Phi) is 6.04. The first-order valence-electron chi connectivity index (χ1n) is 9.50. The van der Waals surface area contributed by atoms with E-state index in [9.17, 15) is 9.59 Å². The lowest BCUT2D eigenvalue weighted by molar-refractivity contribution is -0.121. The number of carbonyl (C=O) groups is 1. The molecule has 26 heavy (non-hydrogen) atoms. The van der Waals surface area contributed by atoms with Gasteiger partial charge < -0.3 is 10.2 Å². The van der Waals surface area contributed by atoms with Gasteiger partial charge in [-0.1, -0.05) is 25.1 Å². The number of nitrogens with one attached hydrogen (secondary N) is 1. The fraction of sp³-hybridized carbons (Fsp3) is 0.550. The molecule has 6 nitrogen and oxygen atoms in total. The van der Waals surface area contributed by atoms with Gasteiger partial charge in [0, 0.05) is 11.9 Å². The quantitative estimate of drug-likeness (QED) is 0.804. The van der Waals surface area contributed by atoms with E-state index in [-0.39, 0.29) is 18.0 Å². The number of likely N-dealkylation sites (tertiary alicyclic amines) is 1. The minimum atomic E-state index is -0.219. The highest BCUT2D eigenvalue weighted by atomic mass is 16.2. The second kappa shape index (κ2) is 8.45. The predicted octanol–water partition coefficient (Wildman–Crippen LogP) is 1.94. The van der Waals surface area contributed by atoms with Crippen molar-refractivity contribution in [1.29, 1.82) is 0 Å². The molecule has 1 aliphatic rings. The molecule has 1 aromatic carbocycles. The molecule has 1 N–H and O–H groups in total. The fourth-order valence-corrected chi connectivity index (χ4v) is 3.52. The summed E-state index contributed by atoms with van der Waals surface area (Å²) in [6.45, 7) is 8.09. The Labute approximate surface area is 154 Å². The number of nitrogens with zero attached hydrogens (tertiary/aromatic N) is 3. The van der Waals surface area contributed by atoms with Crippen LogP contribution in [0.25, 0.3) is 10.8 Å². The molecule has 0 aliphatic carbocycles. The molecule has 0 saturated carbocycles. The van der Waals surface area contributed by atoms with Crippen LogP contribution in [0.5, 0.6) is 0 Å². The molecule has 0 bridgehead atoms. The Hall–Kier alpha value is -2.21. The van der Waals surface area contributed by atoms with Crippen LogP contribution in [-0.4, -0.2) is 46.8 Å². The van der Waals surface area contributed by atoms with Crippen LogP contribution in [0.3, 0.4) is 0 Å². The molecule has 2 heterocycles. The third-order valence-electron chi connectivity index (χ3n) is 5.20. The zero-order valence-corrected chi connectivity index (χ0v) is 15.7. The summed E-state index contributed by atoms with van der Waals surface area (Å²) in [4.78, 5) is 27.1. The lowest BCUT2D eigenvalue weighted by Gasteiger charge is -2.30. The summed E-state index contributed by atoms with van der Waals surface area (Å²) in [5.74, 6) is 0.670. The van der Waals surface area contributed by atoms with Crippen molar-refractivity contribution in [2.75, 3.05) is 26.2 Å². The number of aromatic nitrogens is 2. The van der Waals surface area contributed by atoms with Crippen LogP contribution in [0.15, 0.2) is 29.1 Å². The number of aryl methyl sites for hydroxylation is 1. The maximum Gasteiger partial charge on any atom is 0.275 e. The van der Waals surface area contributed by atoms with Crippen molar-refractivity contribution in [1.82, 2.24) is 20.0 Å². The van der Waals surface area contributed by atoms with Crippen LogP contribution >= 0.6 is 0 Å². The molecule has 0 spiro atoms. The topological polar surface area (TPSA) is 67.2 Å². The minimum Gasteiger partial charge on any atom is -0.354 e.